The van der Waals surface area contributed by atoms with Crippen molar-refractivity contribution in [3.8, 4) is 0 Å². The van der Waals surface area contributed by atoms with E-state index in [1.807, 2.05) is 44.2 Å². The summed E-state index contributed by atoms with van der Waals surface area (Å²) in [5.41, 5.74) is 0.692. The van der Waals surface area contributed by atoms with Gasteiger partial charge in [-0.05, 0) is 19.4 Å². The second-order valence-corrected chi connectivity index (χ2v) is 6.92. The Kier molecular flexibility index (Phi) is 5.57. The van der Waals surface area contributed by atoms with Crippen LogP contribution in [-0.2, 0) is 11.3 Å². The summed E-state index contributed by atoms with van der Waals surface area (Å²) >= 11 is 1.21. The van der Waals surface area contributed by atoms with E-state index in [0.29, 0.717) is 17.5 Å². The molecule has 0 aliphatic heterocycles. The van der Waals surface area contributed by atoms with E-state index in [-0.39, 0.29) is 23.4 Å². The Bertz CT molecular complexity index is 928. The summed E-state index contributed by atoms with van der Waals surface area (Å²) in [6, 6.07) is 11.5. The maximum Gasteiger partial charge on any atom is 0.344 e. The summed E-state index contributed by atoms with van der Waals surface area (Å²) in [6.07, 6.45) is 1.65. The second kappa shape index (κ2) is 8.05. The molecule has 0 bridgehead atoms. The summed E-state index contributed by atoms with van der Waals surface area (Å²) in [4.78, 5) is 24.2. The van der Waals surface area contributed by atoms with Crippen LogP contribution < -0.4 is 11.0 Å². The lowest BCUT2D eigenvalue weighted by molar-refractivity contribution is -0.113. The van der Waals surface area contributed by atoms with Crippen molar-refractivity contribution < 1.29 is 4.79 Å². The molecular weight excluding hydrogens is 352 g/mol. The highest BCUT2D eigenvalue weighted by Crippen LogP contribution is 2.17. The van der Waals surface area contributed by atoms with Gasteiger partial charge in [-0.2, -0.15) is 5.10 Å². The summed E-state index contributed by atoms with van der Waals surface area (Å²) in [5, 5.41) is 14.0. The molecule has 3 rings (SSSR count). The highest BCUT2D eigenvalue weighted by atomic mass is 32.2. The number of H-pyrrole nitrogens is 1. The average Bonchev–Trinajstić information content (AvgIpc) is 3.22. The van der Waals surface area contributed by atoms with E-state index >= 15 is 0 Å². The number of hydrogen-bond acceptors (Lipinski definition) is 5. The van der Waals surface area contributed by atoms with Gasteiger partial charge in [0.05, 0.1) is 18.5 Å². The van der Waals surface area contributed by atoms with E-state index in [4.69, 9.17) is 0 Å². The molecule has 8 nitrogen and oxygen atoms in total. The largest absolute Gasteiger partial charge is 0.344 e. The Morgan fingerprint density at radius 2 is 2.04 bits per heavy atom. The van der Waals surface area contributed by atoms with Crippen LogP contribution in [0, 0.1) is 0 Å². The van der Waals surface area contributed by atoms with Crippen molar-refractivity contribution in [1.29, 1.82) is 0 Å². The quantitative estimate of drug-likeness (QED) is 0.619. The lowest BCUT2D eigenvalue weighted by Crippen LogP contribution is -2.20. The van der Waals surface area contributed by atoms with Gasteiger partial charge in [0.25, 0.3) is 0 Å². The van der Waals surface area contributed by atoms with Crippen molar-refractivity contribution in [1.82, 2.24) is 24.5 Å². The number of thioether (sulfide) groups is 1. The number of nitrogens with zero attached hydrogens (tertiary/aromatic N) is 4. The fourth-order valence-electron chi connectivity index (χ4n) is 2.45. The standard InChI is InChI=1S/C17H20N6O2S/c1-12(2)23-14(8-9-18-23)19-15(24)11-26-17-21-20-16(25)22(17)10-13-6-4-3-5-7-13/h3-9,12H,10-11H2,1-2H3,(H,19,24)(H,20,25). The first-order valence-corrected chi connectivity index (χ1v) is 9.18. The lowest BCUT2D eigenvalue weighted by atomic mass is 10.2. The average molecular weight is 372 g/mol. The topological polar surface area (TPSA) is 97.6 Å². The van der Waals surface area contributed by atoms with Gasteiger partial charge in [0.15, 0.2) is 5.16 Å². The predicted octanol–water partition coefficient (Wildman–Crippen LogP) is 2.13. The molecule has 0 aliphatic rings. The molecule has 2 aromatic heterocycles. The molecule has 1 amide bonds. The Hall–Kier alpha value is -2.81. The van der Waals surface area contributed by atoms with E-state index in [1.54, 1.807) is 16.9 Å². The van der Waals surface area contributed by atoms with Crippen LogP contribution in [0.2, 0.25) is 0 Å². The molecule has 0 aliphatic carbocycles. The summed E-state index contributed by atoms with van der Waals surface area (Å²) < 4.78 is 3.26. The van der Waals surface area contributed by atoms with Gasteiger partial charge in [-0.3, -0.25) is 9.36 Å². The number of carbonyl (C=O) groups excluding carboxylic acids is 1. The van der Waals surface area contributed by atoms with E-state index in [1.165, 1.54) is 16.3 Å². The monoisotopic (exact) mass is 372 g/mol. The second-order valence-electron chi connectivity index (χ2n) is 5.97. The maximum absolute atomic E-state index is 12.2. The third-order valence-corrected chi connectivity index (χ3v) is 4.64. The number of carbonyl (C=O) groups is 1. The number of anilines is 1. The fraction of sp³-hybridized carbons (Fsp3) is 0.294. The van der Waals surface area contributed by atoms with Crippen LogP contribution in [0.15, 0.2) is 52.5 Å². The fourth-order valence-corrected chi connectivity index (χ4v) is 3.20. The SMILES string of the molecule is CC(C)n1nccc1NC(=O)CSc1n[nH]c(=O)n1Cc1ccccc1. The van der Waals surface area contributed by atoms with Gasteiger partial charge < -0.3 is 5.32 Å². The van der Waals surface area contributed by atoms with Gasteiger partial charge in [0.2, 0.25) is 5.91 Å². The molecule has 0 unspecified atom stereocenters. The molecule has 0 radical (unpaired) electrons. The smallest absolute Gasteiger partial charge is 0.310 e. The van der Waals surface area contributed by atoms with Crippen molar-refractivity contribution >= 4 is 23.5 Å². The minimum atomic E-state index is -0.297. The number of rotatable bonds is 7. The van der Waals surface area contributed by atoms with Crippen molar-refractivity contribution in [2.45, 2.75) is 31.6 Å². The zero-order valence-corrected chi connectivity index (χ0v) is 15.4. The minimum absolute atomic E-state index is 0.141. The van der Waals surface area contributed by atoms with Crippen LogP contribution in [0.5, 0.6) is 0 Å². The highest BCUT2D eigenvalue weighted by Gasteiger charge is 2.14. The Morgan fingerprint density at radius 3 is 2.77 bits per heavy atom. The predicted molar refractivity (Wildman–Crippen MR) is 100 cm³/mol. The number of aromatic nitrogens is 5. The van der Waals surface area contributed by atoms with Gasteiger partial charge in [0.1, 0.15) is 5.82 Å². The first kappa shape index (κ1) is 18.0. The number of benzene rings is 1. The van der Waals surface area contributed by atoms with Crippen LogP contribution >= 0.6 is 11.8 Å². The van der Waals surface area contributed by atoms with Gasteiger partial charge >= 0.3 is 5.69 Å². The number of nitrogens with one attached hydrogen (secondary N) is 2. The molecule has 0 atom stereocenters. The van der Waals surface area contributed by atoms with Crippen LogP contribution in [0.1, 0.15) is 25.5 Å². The van der Waals surface area contributed by atoms with Crippen LogP contribution in [0.25, 0.3) is 0 Å². The Labute approximate surface area is 154 Å². The van der Waals surface area contributed by atoms with Crippen LogP contribution in [0.4, 0.5) is 5.82 Å². The molecule has 0 saturated heterocycles. The molecule has 2 heterocycles. The zero-order valence-electron chi connectivity index (χ0n) is 14.5. The minimum Gasteiger partial charge on any atom is -0.310 e. The lowest BCUT2D eigenvalue weighted by Gasteiger charge is -2.11. The molecule has 0 spiro atoms. The van der Waals surface area contributed by atoms with E-state index < -0.39 is 0 Å². The van der Waals surface area contributed by atoms with Gasteiger partial charge in [0, 0.05) is 12.1 Å². The Balaban J connectivity index is 1.64. The molecule has 3 aromatic rings. The number of amides is 1. The van der Waals surface area contributed by atoms with Crippen LogP contribution in [-0.4, -0.2) is 36.2 Å². The first-order valence-electron chi connectivity index (χ1n) is 8.20. The van der Waals surface area contributed by atoms with E-state index in [9.17, 15) is 9.59 Å². The number of hydrogen-bond donors (Lipinski definition) is 2. The maximum atomic E-state index is 12.2. The zero-order chi connectivity index (χ0) is 18.5. The van der Waals surface area contributed by atoms with Crippen molar-refractivity contribution in [2.24, 2.45) is 0 Å². The van der Waals surface area contributed by atoms with E-state index in [0.717, 1.165) is 5.56 Å². The van der Waals surface area contributed by atoms with Crippen molar-refractivity contribution in [2.75, 3.05) is 11.1 Å². The normalized spacial score (nSPS) is 11.0. The Morgan fingerprint density at radius 1 is 1.27 bits per heavy atom. The van der Waals surface area contributed by atoms with Crippen molar-refractivity contribution in [3.05, 3.63) is 58.6 Å². The van der Waals surface area contributed by atoms with Crippen LogP contribution in [0.3, 0.4) is 0 Å². The van der Waals surface area contributed by atoms with Gasteiger partial charge in [-0.1, -0.05) is 42.1 Å². The molecule has 2 N–H and O–H groups in total. The van der Waals surface area contributed by atoms with E-state index in [2.05, 4.69) is 20.6 Å². The highest BCUT2D eigenvalue weighted by molar-refractivity contribution is 7.99. The molecule has 0 fully saturated rings. The third kappa shape index (κ3) is 4.23. The molecular formula is C17H20N6O2S. The third-order valence-electron chi connectivity index (χ3n) is 3.67. The first-order chi connectivity index (χ1) is 12.5. The molecule has 26 heavy (non-hydrogen) atoms. The summed E-state index contributed by atoms with van der Waals surface area (Å²) in [6.45, 7) is 4.38. The summed E-state index contributed by atoms with van der Waals surface area (Å²) in [5.74, 6) is 0.607. The summed E-state index contributed by atoms with van der Waals surface area (Å²) in [7, 11) is 0. The molecule has 1 aromatic carbocycles. The van der Waals surface area contributed by atoms with Gasteiger partial charge in [-0.25, -0.2) is 14.6 Å². The molecule has 136 valence electrons. The molecule has 0 saturated carbocycles. The number of aromatic amines is 1. The van der Waals surface area contributed by atoms with Crippen molar-refractivity contribution in [3.63, 3.8) is 0 Å². The molecule has 9 heteroatoms. The van der Waals surface area contributed by atoms with Gasteiger partial charge in [-0.15, -0.1) is 5.10 Å².